The molecule has 8 heteroatoms. The van der Waals surface area contributed by atoms with E-state index in [1.54, 1.807) is 13.0 Å². The van der Waals surface area contributed by atoms with Crippen molar-refractivity contribution in [1.82, 2.24) is 10.6 Å². The van der Waals surface area contributed by atoms with E-state index in [1.165, 1.54) is 6.08 Å². The summed E-state index contributed by atoms with van der Waals surface area (Å²) in [6.07, 6.45) is 3.65. The van der Waals surface area contributed by atoms with E-state index in [2.05, 4.69) is 5.32 Å². The van der Waals surface area contributed by atoms with E-state index < -0.39 is 24.5 Å². The highest BCUT2D eigenvalue weighted by Gasteiger charge is 2.21. The molecule has 146 valence electrons. The first-order valence-electron chi connectivity index (χ1n) is 8.81. The van der Waals surface area contributed by atoms with Crippen molar-refractivity contribution >= 4 is 24.0 Å². The smallest absolute Gasteiger partial charge is 0.331 e. The summed E-state index contributed by atoms with van der Waals surface area (Å²) in [5, 5.41) is 4.44. The molecule has 0 aliphatic carbocycles. The molecule has 0 saturated heterocycles. The van der Waals surface area contributed by atoms with Crippen LogP contribution in [0.5, 0.6) is 11.5 Å². The molecular weight excluding hydrogens is 352 g/mol. The number of rotatable bonds is 7. The Morgan fingerprint density at radius 3 is 2.78 bits per heavy atom. The molecule has 0 radical (unpaired) electrons. The highest BCUT2D eigenvalue weighted by Crippen LogP contribution is 2.35. The Bertz CT molecular complexity index is 744. The molecule has 2 rings (SSSR count). The van der Waals surface area contributed by atoms with Crippen molar-refractivity contribution < 1.29 is 28.6 Å². The summed E-state index contributed by atoms with van der Waals surface area (Å²) in [6, 6.07) is 3.09. The molecule has 3 amide bonds. The Morgan fingerprint density at radius 1 is 1.30 bits per heavy atom. The number of fused-ring (bicyclic) bond motifs is 1. The second kappa shape index (κ2) is 9.61. The van der Waals surface area contributed by atoms with Crippen LogP contribution in [0, 0.1) is 0 Å². The van der Waals surface area contributed by atoms with E-state index >= 15 is 0 Å². The van der Waals surface area contributed by atoms with Crippen LogP contribution >= 0.6 is 0 Å². The number of carbonyl (C=O) groups is 3. The fourth-order valence-electron chi connectivity index (χ4n) is 2.58. The molecule has 1 aromatic rings. The number of hydrogen-bond acceptors (Lipinski definition) is 6. The van der Waals surface area contributed by atoms with Gasteiger partial charge in [0.25, 0.3) is 5.91 Å². The van der Waals surface area contributed by atoms with Gasteiger partial charge in [-0.1, -0.05) is 0 Å². The van der Waals surface area contributed by atoms with Gasteiger partial charge in [-0.3, -0.25) is 10.1 Å². The van der Waals surface area contributed by atoms with E-state index in [-0.39, 0.29) is 6.10 Å². The summed E-state index contributed by atoms with van der Waals surface area (Å²) in [5.41, 5.74) is 1.74. The molecule has 8 nitrogen and oxygen atoms in total. The first kappa shape index (κ1) is 20.3. The van der Waals surface area contributed by atoms with Gasteiger partial charge in [-0.25, -0.2) is 9.59 Å². The van der Waals surface area contributed by atoms with Gasteiger partial charge in [-0.15, -0.1) is 0 Å². The number of imide groups is 1. The number of carbonyl (C=O) groups excluding carboxylic acids is 3. The molecule has 0 aromatic heterocycles. The molecule has 1 atom stereocenters. The van der Waals surface area contributed by atoms with Crippen molar-refractivity contribution in [3.8, 4) is 11.5 Å². The third-order valence-electron chi connectivity index (χ3n) is 3.66. The van der Waals surface area contributed by atoms with Crippen LogP contribution in [0.15, 0.2) is 18.2 Å². The second-order valence-corrected chi connectivity index (χ2v) is 5.91. The highest BCUT2D eigenvalue weighted by atomic mass is 16.5. The van der Waals surface area contributed by atoms with Gasteiger partial charge < -0.3 is 19.5 Å². The minimum absolute atomic E-state index is 0.0992. The first-order valence-corrected chi connectivity index (χ1v) is 8.81. The maximum atomic E-state index is 11.8. The largest absolute Gasteiger partial charge is 0.493 e. The number of hydrogen-bond donors (Lipinski definition) is 2. The molecule has 0 saturated carbocycles. The average molecular weight is 376 g/mol. The maximum Gasteiger partial charge on any atom is 0.331 e. The summed E-state index contributed by atoms with van der Waals surface area (Å²) in [5.74, 6) is -0.0110. The van der Waals surface area contributed by atoms with Gasteiger partial charge in [0.1, 0.15) is 17.6 Å². The summed E-state index contributed by atoms with van der Waals surface area (Å²) in [6.45, 7) is 5.90. The number of esters is 1. The molecule has 0 fully saturated rings. The van der Waals surface area contributed by atoms with Crippen molar-refractivity contribution in [3.05, 3.63) is 29.3 Å². The normalized spacial score (nSPS) is 15.0. The molecule has 2 N–H and O–H groups in total. The molecule has 0 unspecified atom stereocenters. The zero-order valence-corrected chi connectivity index (χ0v) is 15.7. The van der Waals surface area contributed by atoms with Crippen LogP contribution in [0.1, 0.15) is 31.9 Å². The quantitative estimate of drug-likeness (QED) is 0.556. The van der Waals surface area contributed by atoms with E-state index in [1.807, 2.05) is 31.3 Å². The predicted octanol–water partition coefficient (Wildman–Crippen LogP) is 1.81. The molecule has 1 aliphatic heterocycles. The number of urea groups is 1. The van der Waals surface area contributed by atoms with Gasteiger partial charge in [-0.2, -0.15) is 0 Å². The van der Waals surface area contributed by atoms with Gasteiger partial charge in [0, 0.05) is 30.2 Å². The molecular formula is C19H24N2O6. The lowest BCUT2D eigenvalue weighted by molar-refractivity contribution is -0.143. The minimum Gasteiger partial charge on any atom is -0.493 e. The molecule has 27 heavy (non-hydrogen) atoms. The van der Waals surface area contributed by atoms with Crippen LogP contribution in [0.3, 0.4) is 0 Å². The molecule has 0 spiro atoms. The molecule has 0 bridgehead atoms. The Labute approximate surface area is 157 Å². The van der Waals surface area contributed by atoms with Crippen molar-refractivity contribution in [1.29, 1.82) is 0 Å². The van der Waals surface area contributed by atoms with Crippen LogP contribution in [-0.4, -0.2) is 43.8 Å². The molecule has 1 aromatic carbocycles. The first-order chi connectivity index (χ1) is 12.9. The predicted molar refractivity (Wildman–Crippen MR) is 98.6 cm³/mol. The average Bonchev–Trinajstić information content (AvgIpc) is 2.97. The lowest BCUT2D eigenvalue weighted by Crippen LogP contribution is -2.41. The van der Waals surface area contributed by atoms with Crippen molar-refractivity contribution in [2.75, 3.05) is 19.8 Å². The fourth-order valence-corrected chi connectivity index (χ4v) is 2.58. The fraction of sp³-hybridized carbons (Fsp3) is 0.421. The van der Waals surface area contributed by atoms with E-state index in [0.717, 1.165) is 17.7 Å². The zero-order chi connectivity index (χ0) is 19.8. The topological polar surface area (TPSA) is 103 Å². The lowest BCUT2D eigenvalue weighted by Gasteiger charge is -2.10. The maximum absolute atomic E-state index is 11.8. The van der Waals surface area contributed by atoms with Crippen LogP contribution in [0.4, 0.5) is 4.79 Å². The lowest BCUT2D eigenvalue weighted by atomic mass is 10.1. The van der Waals surface area contributed by atoms with Crippen molar-refractivity contribution in [2.24, 2.45) is 0 Å². The third kappa shape index (κ3) is 6.02. The monoisotopic (exact) mass is 376 g/mol. The van der Waals surface area contributed by atoms with E-state index in [0.29, 0.717) is 24.5 Å². The van der Waals surface area contributed by atoms with Crippen LogP contribution < -0.4 is 20.1 Å². The van der Waals surface area contributed by atoms with Crippen LogP contribution in [0.2, 0.25) is 0 Å². The summed E-state index contributed by atoms with van der Waals surface area (Å²) >= 11 is 0. The Kier molecular flexibility index (Phi) is 7.22. The SMILES string of the molecule is CCNC(=O)NC(=O)COC(=O)/C=C/c1cc2c(cc1OCC)C[C@@H](C)O2. The van der Waals surface area contributed by atoms with Gasteiger partial charge in [0.15, 0.2) is 6.61 Å². The number of nitrogens with one attached hydrogen (secondary N) is 2. The second-order valence-electron chi connectivity index (χ2n) is 5.91. The zero-order valence-electron chi connectivity index (χ0n) is 15.7. The summed E-state index contributed by atoms with van der Waals surface area (Å²) < 4.78 is 16.2. The third-order valence-corrected chi connectivity index (χ3v) is 3.66. The standard InChI is InChI=1S/C19H24N2O6/c1-4-20-19(24)21-17(22)11-26-18(23)7-6-13-9-16-14(8-12(3)27-16)10-15(13)25-5-2/h6-7,9-10,12H,4-5,8,11H2,1-3H3,(H2,20,21,22,24)/b7-6+/t12-/m1/s1. The van der Waals surface area contributed by atoms with Gasteiger partial charge in [-0.05, 0) is 39.0 Å². The van der Waals surface area contributed by atoms with E-state index in [9.17, 15) is 14.4 Å². The Balaban J connectivity index is 1.96. The Morgan fingerprint density at radius 2 is 2.07 bits per heavy atom. The number of ether oxygens (including phenoxy) is 3. The Hall–Kier alpha value is -3.03. The number of benzene rings is 1. The number of amides is 3. The highest BCUT2D eigenvalue weighted by molar-refractivity contribution is 5.96. The summed E-state index contributed by atoms with van der Waals surface area (Å²) in [4.78, 5) is 34.5. The van der Waals surface area contributed by atoms with Crippen molar-refractivity contribution in [3.63, 3.8) is 0 Å². The van der Waals surface area contributed by atoms with E-state index in [4.69, 9.17) is 14.2 Å². The molecule has 1 heterocycles. The van der Waals surface area contributed by atoms with Crippen LogP contribution in [0.25, 0.3) is 6.08 Å². The summed E-state index contributed by atoms with van der Waals surface area (Å²) in [7, 11) is 0. The van der Waals surface area contributed by atoms with Crippen LogP contribution in [-0.2, 0) is 20.7 Å². The van der Waals surface area contributed by atoms with Gasteiger partial charge >= 0.3 is 12.0 Å². The van der Waals surface area contributed by atoms with Crippen molar-refractivity contribution in [2.45, 2.75) is 33.3 Å². The van der Waals surface area contributed by atoms with Gasteiger partial charge in [0.2, 0.25) is 0 Å². The van der Waals surface area contributed by atoms with Gasteiger partial charge in [0.05, 0.1) is 6.61 Å². The minimum atomic E-state index is -0.711. The molecule has 1 aliphatic rings.